The van der Waals surface area contributed by atoms with E-state index < -0.39 is 0 Å². The molecule has 0 spiro atoms. The van der Waals surface area contributed by atoms with Crippen LogP contribution in [0, 0.1) is 5.92 Å². The van der Waals surface area contributed by atoms with Gasteiger partial charge in [-0.15, -0.1) is 0 Å². The lowest BCUT2D eigenvalue weighted by atomic mass is 9.98. The molecule has 1 amide bonds. The fourth-order valence-electron chi connectivity index (χ4n) is 1.44. The lowest BCUT2D eigenvalue weighted by Crippen LogP contribution is -2.40. The third kappa shape index (κ3) is 3.27. The molecule has 15 heavy (non-hydrogen) atoms. The van der Waals surface area contributed by atoms with Crippen LogP contribution in [0.2, 0.25) is 0 Å². The number of primary amides is 1. The Morgan fingerprint density at radius 1 is 1.40 bits per heavy atom. The van der Waals surface area contributed by atoms with Gasteiger partial charge in [0.2, 0.25) is 5.91 Å². The summed E-state index contributed by atoms with van der Waals surface area (Å²) < 4.78 is 0. The minimum absolute atomic E-state index is 0.239. The number of carbonyl (C=O) groups is 1. The van der Waals surface area contributed by atoms with E-state index in [0.717, 1.165) is 12.1 Å². The number of amides is 1. The molecule has 0 aliphatic carbocycles. The van der Waals surface area contributed by atoms with Gasteiger partial charge in [-0.25, -0.2) is 0 Å². The van der Waals surface area contributed by atoms with Crippen molar-refractivity contribution in [2.75, 3.05) is 5.32 Å². The van der Waals surface area contributed by atoms with Gasteiger partial charge in [0.05, 0.1) is 0 Å². The predicted molar refractivity (Wildman–Crippen MR) is 62.5 cm³/mol. The van der Waals surface area contributed by atoms with Crippen molar-refractivity contribution in [1.29, 1.82) is 0 Å². The SMILES string of the molecule is CCC(C)C(Nc1ccccc1)C(N)=O. The third-order valence-corrected chi connectivity index (χ3v) is 2.62. The summed E-state index contributed by atoms with van der Waals surface area (Å²) in [6.07, 6.45) is 0.924. The second kappa shape index (κ2) is 5.39. The minimum Gasteiger partial charge on any atom is -0.373 e. The number of hydrogen-bond donors (Lipinski definition) is 2. The van der Waals surface area contributed by atoms with E-state index in [-0.39, 0.29) is 17.9 Å². The van der Waals surface area contributed by atoms with Gasteiger partial charge in [-0.1, -0.05) is 38.5 Å². The van der Waals surface area contributed by atoms with Gasteiger partial charge < -0.3 is 11.1 Å². The first kappa shape index (κ1) is 11.6. The molecule has 3 nitrogen and oxygen atoms in total. The Morgan fingerprint density at radius 2 is 2.00 bits per heavy atom. The molecule has 0 heterocycles. The van der Waals surface area contributed by atoms with Crippen molar-refractivity contribution in [3.05, 3.63) is 30.3 Å². The molecule has 2 unspecified atom stereocenters. The molecule has 0 fully saturated rings. The molecule has 0 aliphatic rings. The molecule has 0 bridgehead atoms. The van der Waals surface area contributed by atoms with E-state index in [1.165, 1.54) is 0 Å². The number of nitrogens with two attached hydrogens (primary N) is 1. The van der Waals surface area contributed by atoms with E-state index in [1.807, 2.05) is 44.2 Å². The maximum absolute atomic E-state index is 11.3. The second-order valence-corrected chi connectivity index (χ2v) is 3.78. The summed E-state index contributed by atoms with van der Waals surface area (Å²) >= 11 is 0. The summed E-state index contributed by atoms with van der Waals surface area (Å²) in [5.74, 6) is -0.0593. The molecule has 2 atom stereocenters. The lowest BCUT2D eigenvalue weighted by molar-refractivity contribution is -0.119. The van der Waals surface area contributed by atoms with E-state index in [2.05, 4.69) is 5.32 Å². The van der Waals surface area contributed by atoms with Crippen molar-refractivity contribution >= 4 is 11.6 Å². The van der Waals surface area contributed by atoms with Crippen molar-refractivity contribution < 1.29 is 4.79 Å². The maximum Gasteiger partial charge on any atom is 0.240 e. The first-order chi connectivity index (χ1) is 7.15. The number of carbonyl (C=O) groups excluding carboxylic acids is 1. The quantitative estimate of drug-likeness (QED) is 0.774. The van der Waals surface area contributed by atoms with Gasteiger partial charge in [0.1, 0.15) is 6.04 Å². The zero-order valence-corrected chi connectivity index (χ0v) is 9.23. The van der Waals surface area contributed by atoms with Crippen LogP contribution in [0.1, 0.15) is 20.3 Å². The summed E-state index contributed by atoms with van der Waals surface area (Å²) in [6.45, 7) is 4.07. The normalized spacial score (nSPS) is 14.3. The standard InChI is InChI=1S/C12H18N2O/c1-3-9(2)11(12(13)15)14-10-7-5-4-6-8-10/h4-9,11,14H,3H2,1-2H3,(H2,13,15). The Balaban J connectivity index is 2.71. The molecule has 0 saturated heterocycles. The number of anilines is 1. The van der Waals surface area contributed by atoms with Crippen LogP contribution in [0.3, 0.4) is 0 Å². The summed E-state index contributed by atoms with van der Waals surface area (Å²) in [4.78, 5) is 11.3. The number of benzene rings is 1. The maximum atomic E-state index is 11.3. The van der Waals surface area contributed by atoms with E-state index in [9.17, 15) is 4.79 Å². The van der Waals surface area contributed by atoms with Crippen LogP contribution >= 0.6 is 0 Å². The molecular formula is C12H18N2O. The fraction of sp³-hybridized carbons (Fsp3) is 0.417. The second-order valence-electron chi connectivity index (χ2n) is 3.78. The molecule has 0 aromatic heterocycles. The molecule has 0 saturated carbocycles. The highest BCUT2D eigenvalue weighted by Gasteiger charge is 2.20. The molecule has 1 aromatic carbocycles. The number of hydrogen-bond acceptors (Lipinski definition) is 2. The molecule has 1 aromatic rings. The average Bonchev–Trinajstić information content (AvgIpc) is 2.26. The first-order valence-electron chi connectivity index (χ1n) is 5.26. The summed E-state index contributed by atoms with van der Waals surface area (Å²) in [5, 5.41) is 3.15. The molecule has 82 valence electrons. The molecule has 0 aliphatic heterocycles. The van der Waals surface area contributed by atoms with Crippen LogP contribution in [0.15, 0.2) is 30.3 Å². The monoisotopic (exact) mass is 206 g/mol. The number of para-hydroxylation sites is 1. The highest BCUT2D eigenvalue weighted by atomic mass is 16.1. The van der Waals surface area contributed by atoms with Gasteiger partial charge >= 0.3 is 0 Å². The van der Waals surface area contributed by atoms with Crippen molar-refractivity contribution in [2.45, 2.75) is 26.3 Å². The largest absolute Gasteiger partial charge is 0.373 e. The van der Waals surface area contributed by atoms with Gasteiger partial charge in [0.15, 0.2) is 0 Å². The first-order valence-corrected chi connectivity index (χ1v) is 5.26. The molecule has 3 heteroatoms. The summed E-state index contributed by atoms with van der Waals surface area (Å²) in [7, 11) is 0. The topological polar surface area (TPSA) is 55.1 Å². The van der Waals surface area contributed by atoms with Crippen molar-refractivity contribution in [3.63, 3.8) is 0 Å². The lowest BCUT2D eigenvalue weighted by Gasteiger charge is -2.22. The zero-order valence-electron chi connectivity index (χ0n) is 9.23. The number of rotatable bonds is 5. The summed E-state index contributed by atoms with van der Waals surface area (Å²) in [5.41, 5.74) is 6.29. The van der Waals surface area contributed by atoms with Crippen LogP contribution in [-0.4, -0.2) is 11.9 Å². The minimum atomic E-state index is -0.298. The predicted octanol–water partition coefficient (Wildman–Crippen LogP) is 2.00. The Kier molecular flexibility index (Phi) is 4.16. The fourth-order valence-corrected chi connectivity index (χ4v) is 1.44. The molecular weight excluding hydrogens is 188 g/mol. The van der Waals surface area contributed by atoms with Crippen molar-refractivity contribution in [1.82, 2.24) is 0 Å². The molecule has 0 radical (unpaired) electrons. The van der Waals surface area contributed by atoms with Crippen molar-refractivity contribution in [2.24, 2.45) is 11.7 Å². The summed E-state index contributed by atoms with van der Waals surface area (Å²) in [6, 6.07) is 9.36. The Hall–Kier alpha value is -1.51. The van der Waals surface area contributed by atoms with E-state index in [4.69, 9.17) is 5.73 Å². The van der Waals surface area contributed by atoms with Crippen LogP contribution in [0.25, 0.3) is 0 Å². The van der Waals surface area contributed by atoms with Crippen LogP contribution in [0.4, 0.5) is 5.69 Å². The van der Waals surface area contributed by atoms with Gasteiger partial charge in [-0.05, 0) is 18.1 Å². The third-order valence-electron chi connectivity index (χ3n) is 2.62. The zero-order chi connectivity index (χ0) is 11.3. The van der Waals surface area contributed by atoms with Gasteiger partial charge in [-0.2, -0.15) is 0 Å². The highest BCUT2D eigenvalue weighted by molar-refractivity contribution is 5.83. The molecule has 3 N–H and O–H groups in total. The Bertz CT molecular complexity index is 311. The number of nitrogens with one attached hydrogen (secondary N) is 1. The van der Waals surface area contributed by atoms with E-state index in [0.29, 0.717) is 0 Å². The highest BCUT2D eigenvalue weighted by Crippen LogP contribution is 2.14. The van der Waals surface area contributed by atoms with E-state index >= 15 is 0 Å². The van der Waals surface area contributed by atoms with Gasteiger partial charge in [-0.3, -0.25) is 4.79 Å². The average molecular weight is 206 g/mol. The Labute approximate surface area is 90.7 Å². The smallest absolute Gasteiger partial charge is 0.240 e. The van der Waals surface area contributed by atoms with Crippen molar-refractivity contribution in [3.8, 4) is 0 Å². The van der Waals surface area contributed by atoms with Gasteiger partial charge in [0.25, 0.3) is 0 Å². The van der Waals surface area contributed by atoms with E-state index in [1.54, 1.807) is 0 Å². The van der Waals surface area contributed by atoms with Crippen LogP contribution in [-0.2, 0) is 4.79 Å². The van der Waals surface area contributed by atoms with Gasteiger partial charge in [0, 0.05) is 5.69 Å². The molecule has 1 rings (SSSR count). The van der Waals surface area contributed by atoms with Crippen LogP contribution < -0.4 is 11.1 Å². The van der Waals surface area contributed by atoms with Crippen LogP contribution in [0.5, 0.6) is 0 Å². The Morgan fingerprint density at radius 3 is 2.47 bits per heavy atom.